The highest BCUT2D eigenvalue weighted by Gasteiger charge is 2.25. The molecule has 2 rings (SSSR count). The summed E-state index contributed by atoms with van der Waals surface area (Å²) in [4.78, 5) is 35.9. The number of aliphatic imine (C=N–C) groups is 1. The van der Waals surface area contributed by atoms with E-state index in [2.05, 4.69) is 20.6 Å². The second kappa shape index (κ2) is 11.3. The van der Waals surface area contributed by atoms with E-state index >= 15 is 0 Å². The summed E-state index contributed by atoms with van der Waals surface area (Å²) in [7, 11) is 3.92. The number of hydrogen-bond donors (Lipinski definition) is 2. The third-order valence-corrected chi connectivity index (χ3v) is 4.73. The molecule has 1 aromatic rings. The summed E-state index contributed by atoms with van der Waals surface area (Å²) in [5, 5.41) is 9.27. The van der Waals surface area contributed by atoms with Crippen LogP contribution in [0.4, 0.5) is 5.13 Å². The standard InChI is InChI=1S/C16H26N6O2S.HI/c1-4-17-15(19-10-12-11-25-16(20-12)21(2)3)18-8-9-22-13(23)6-5-7-14(22)24;/h11H,4-10H2,1-3H3,(H2,17,18,19);1H. The van der Waals surface area contributed by atoms with Gasteiger partial charge in [0.05, 0.1) is 12.2 Å². The minimum atomic E-state index is -0.0846. The van der Waals surface area contributed by atoms with Gasteiger partial charge in [0.2, 0.25) is 11.8 Å². The SMILES string of the molecule is CCNC(=NCc1csc(N(C)C)n1)NCCN1C(=O)CCCC1=O.I. The lowest BCUT2D eigenvalue weighted by Gasteiger charge is -2.25. The van der Waals surface area contributed by atoms with Crippen molar-refractivity contribution in [3.8, 4) is 0 Å². The van der Waals surface area contributed by atoms with Gasteiger partial charge < -0.3 is 15.5 Å². The topological polar surface area (TPSA) is 89.9 Å². The zero-order valence-corrected chi connectivity index (χ0v) is 18.6. The lowest BCUT2D eigenvalue weighted by atomic mass is 10.1. The van der Waals surface area contributed by atoms with Crippen molar-refractivity contribution in [3.05, 3.63) is 11.1 Å². The van der Waals surface area contributed by atoms with E-state index in [1.807, 2.05) is 31.3 Å². The first-order chi connectivity index (χ1) is 12.0. The molecule has 1 aliphatic rings. The third-order valence-electron chi connectivity index (χ3n) is 3.68. The molecule has 0 radical (unpaired) electrons. The molecule has 0 saturated carbocycles. The molecule has 1 aromatic heterocycles. The van der Waals surface area contributed by atoms with Gasteiger partial charge in [-0.2, -0.15) is 0 Å². The molecule has 1 fully saturated rings. The Labute approximate surface area is 175 Å². The number of nitrogens with one attached hydrogen (secondary N) is 2. The average molecular weight is 494 g/mol. The Hall–Kier alpha value is -1.43. The number of anilines is 1. The van der Waals surface area contributed by atoms with Gasteiger partial charge in [-0.05, 0) is 13.3 Å². The first-order valence-corrected chi connectivity index (χ1v) is 9.36. The molecule has 0 unspecified atom stereocenters. The molecule has 2 amide bonds. The number of carbonyl (C=O) groups is 2. The highest BCUT2D eigenvalue weighted by atomic mass is 127. The molecule has 1 saturated heterocycles. The monoisotopic (exact) mass is 494 g/mol. The molecule has 8 nitrogen and oxygen atoms in total. The number of rotatable bonds is 7. The molecule has 1 aliphatic heterocycles. The van der Waals surface area contributed by atoms with Gasteiger partial charge in [-0.15, -0.1) is 35.3 Å². The maximum absolute atomic E-state index is 11.8. The molecule has 0 aromatic carbocycles. The Bertz CT molecular complexity index is 618. The molecule has 0 atom stereocenters. The van der Waals surface area contributed by atoms with Crippen molar-refractivity contribution >= 4 is 58.2 Å². The van der Waals surface area contributed by atoms with Crippen LogP contribution >= 0.6 is 35.3 Å². The predicted molar refractivity (Wildman–Crippen MR) is 115 cm³/mol. The van der Waals surface area contributed by atoms with Crippen LogP contribution in [-0.4, -0.2) is 61.4 Å². The Morgan fingerprint density at radius 1 is 1.31 bits per heavy atom. The molecule has 146 valence electrons. The number of piperidine rings is 1. The van der Waals surface area contributed by atoms with Crippen LogP contribution in [-0.2, 0) is 16.1 Å². The first kappa shape index (κ1) is 22.6. The van der Waals surface area contributed by atoms with Crippen LogP contribution in [0.25, 0.3) is 0 Å². The number of carbonyl (C=O) groups excluding carboxylic acids is 2. The minimum absolute atomic E-state index is 0. The van der Waals surface area contributed by atoms with Gasteiger partial charge in [0, 0.05) is 52.0 Å². The summed E-state index contributed by atoms with van der Waals surface area (Å²) in [5.41, 5.74) is 0.910. The van der Waals surface area contributed by atoms with Crippen LogP contribution in [0.5, 0.6) is 0 Å². The van der Waals surface area contributed by atoms with Gasteiger partial charge >= 0.3 is 0 Å². The molecule has 26 heavy (non-hydrogen) atoms. The Morgan fingerprint density at radius 3 is 2.58 bits per heavy atom. The van der Waals surface area contributed by atoms with Gasteiger partial charge in [0.15, 0.2) is 11.1 Å². The molecular weight excluding hydrogens is 467 g/mol. The third kappa shape index (κ3) is 6.71. The van der Waals surface area contributed by atoms with Gasteiger partial charge in [0.25, 0.3) is 0 Å². The summed E-state index contributed by atoms with van der Waals surface area (Å²) in [6.45, 7) is 4.03. The lowest BCUT2D eigenvalue weighted by Crippen LogP contribution is -2.46. The van der Waals surface area contributed by atoms with Crippen molar-refractivity contribution in [1.29, 1.82) is 0 Å². The quantitative estimate of drug-likeness (QED) is 0.258. The van der Waals surface area contributed by atoms with E-state index < -0.39 is 0 Å². The summed E-state index contributed by atoms with van der Waals surface area (Å²) in [6.07, 6.45) is 1.57. The zero-order chi connectivity index (χ0) is 18.2. The Kier molecular flexibility index (Phi) is 9.84. The van der Waals surface area contributed by atoms with Crippen molar-refractivity contribution in [3.63, 3.8) is 0 Å². The van der Waals surface area contributed by atoms with Crippen LogP contribution in [0, 0.1) is 0 Å². The number of guanidine groups is 1. The second-order valence-electron chi connectivity index (χ2n) is 5.93. The summed E-state index contributed by atoms with van der Waals surface area (Å²) in [6, 6.07) is 0. The number of halogens is 1. The number of aromatic nitrogens is 1. The smallest absolute Gasteiger partial charge is 0.229 e. The number of imide groups is 1. The molecular formula is C16H27IN6O2S. The van der Waals surface area contributed by atoms with E-state index in [1.54, 1.807) is 11.3 Å². The molecule has 0 bridgehead atoms. The Morgan fingerprint density at radius 2 is 2.00 bits per heavy atom. The van der Waals surface area contributed by atoms with Crippen molar-refractivity contribution in [1.82, 2.24) is 20.5 Å². The van der Waals surface area contributed by atoms with E-state index in [1.165, 1.54) is 4.90 Å². The molecule has 0 spiro atoms. The highest BCUT2D eigenvalue weighted by Crippen LogP contribution is 2.18. The van der Waals surface area contributed by atoms with Crippen molar-refractivity contribution < 1.29 is 9.59 Å². The van der Waals surface area contributed by atoms with Crippen LogP contribution in [0.3, 0.4) is 0 Å². The Balaban J connectivity index is 0.00000338. The maximum Gasteiger partial charge on any atom is 0.229 e. The molecule has 2 heterocycles. The fourth-order valence-electron chi connectivity index (χ4n) is 2.41. The maximum atomic E-state index is 11.8. The molecule has 10 heteroatoms. The van der Waals surface area contributed by atoms with Crippen LogP contribution in [0.15, 0.2) is 10.4 Å². The highest BCUT2D eigenvalue weighted by molar-refractivity contribution is 14.0. The normalized spacial score (nSPS) is 14.9. The van der Waals surface area contributed by atoms with Gasteiger partial charge in [-0.3, -0.25) is 14.5 Å². The fraction of sp³-hybridized carbons (Fsp3) is 0.625. The average Bonchev–Trinajstić information content (AvgIpc) is 3.04. The van der Waals surface area contributed by atoms with E-state index in [0.717, 1.165) is 17.4 Å². The van der Waals surface area contributed by atoms with Crippen molar-refractivity contribution in [2.24, 2.45) is 4.99 Å². The van der Waals surface area contributed by atoms with Crippen LogP contribution in [0.1, 0.15) is 31.9 Å². The number of likely N-dealkylation sites (tertiary alicyclic amines) is 1. The lowest BCUT2D eigenvalue weighted by molar-refractivity contribution is -0.147. The summed E-state index contributed by atoms with van der Waals surface area (Å²) in [5.74, 6) is 0.483. The van der Waals surface area contributed by atoms with Crippen LogP contribution in [0.2, 0.25) is 0 Å². The zero-order valence-electron chi connectivity index (χ0n) is 15.4. The predicted octanol–water partition coefficient (Wildman–Crippen LogP) is 1.42. The minimum Gasteiger partial charge on any atom is -0.357 e. The van der Waals surface area contributed by atoms with E-state index in [-0.39, 0.29) is 35.8 Å². The summed E-state index contributed by atoms with van der Waals surface area (Å²) < 4.78 is 0. The first-order valence-electron chi connectivity index (χ1n) is 8.48. The molecule has 0 aliphatic carbocycles. The number of thiazole rings is 1. The molecule has 2 N–H and O–H groups in total. The van der Waals surface area contributed by atoms with Crippen molar-refractivity contribution in [2.45, 2.75) is 32.7 Å². The fourth-order valence-corrected chi connectivity index (χ4v) is 3.16. The van der Waals surface area contributed by atoms with Crippen LogP contribution < -0.4 is 15.5 Å². The van der Waals surface area contributed by atoms with Gasteiger partial charge in [0.1, 0.15) is 0 Å². The number of nitrogens with zero attached hydrogens (tertiary/aromatic N) is 4. The van der Waals surface area contributed by atoms with E-state index in [9.17, 15) is 9.59 Å². The second-order valence-corrected chi connectivity index (χ2v) is 6.77. The van der Waals surface area contributed by atoms with Gasteiger partial charge in [-0.25, -0.2) is 9.98 Å². The van der Waals surface area contributed by atoms with Gasteiger partial charge in [-0.1, -0.05) is 0 Å². The van der Waals surface area contributed by atoms with Crippen molar-refractivity contribution in [2.75, 3.05) is 38.6 Å². The number of amides is 2. The largest absolute Gasteiger partial charge is 0.357 e. The van der Waals surface area contributed by atoms with E-state index in [0.29, 0.717) is 44.9 Å². The number of hydrogen-bond acceptors (Lipinski definition) is 6. The van der Waals surface area contributed by atoms with E-state index in [4.69, 9.17) is 0 Å². The summed E-state index contributed by atoms with van der Waals surface area (Å²) >= 11 is 1.58.